The molecule has 0 amide bonds. The molecule has 1 aliphatic carbocycles. The van der Waals surface area contributed by atoms with E-state index >= 15 is 0 Å². The van der Waals surface area contributed by atoms with Crippen LogP contribution >= 0.6 is 0 Å². The van der Waals surface area contributed by atoms with Crippen LogP contribution in [0.4, 0.5) is 0 Å². The average molecular weight is 141 g/mol. The van der Waals surface area contributed by atoms with Gasteiger partial charge in [0.25, 0.3) is 0 Å². The van der Waals surface area contributed by atoms with Gasteiger partial charge in [0.1, 0.15) is 0 Å². The lowest BCUT2D eigenvalue weighted by Crippen LogP contribution is -2.60. The molecule has 2 fully saturated rings. The summed E-state index contributed by atoms with van der Waals surface area (Å²) < 4.78 is 0. The van der Waals surface area contributed by atoms with Crippen molar-refractivity contribution < 1.29 is 5.11 Å². The van der Waals surface area contributed by atoms with Crippen LogP contribution in [-0.4, -0.2) is 23.8 Å². The maximum atomic E-state index is 9.72. The third kappa shape index (κ3) is 1.06. The highest BCUT2D eigenvalue weighted by atomic mass is 16.3. The van der Waals surface area contributed by atoms with Crippen LogP contribution in [0.25, 0.3) is 0 Å². The van der Waals surface area contributed by atoms with Crippen molar-refractivity contribution in [3.05, 3.63) is 0 Å². The molecule has 0 aromatic rings. The smallest absolute Gasteiger partial charge is 0.0900 e. The summed E-state index contributed by atoms with van der Waals surface area (Å²) >= 11 is 0. The van der Waals surface area contributed by atoms with E-state index in [9.17, 15) is 5.11 Å². The highest BCUT2D eigenvalue weighted by Gasteiger charge is 2.47. The zero-order valence-electron chi connectivity index (χ0n) is 6.48. The van der Waals surface area contributed by atoms with Gasteiger partial charge in [0, 0.05) is 13.1 Å². The Morgan fingerprint density at radius 3 is 2.30 bits per heavy atom. The van der Waals surface area contributed by atoms with Gasteiger partial charge in [-0.1, -0.05) is 6.92 Å². The van der Waals surface area contributed by atoms with E-state index in [0.717, 1.165) is 19.5 Å². The molecule has 0 bridgehead atoms. The summed E-state index contributed by atoms with van der Waals surface area (Å²) in [5.41, 5.74) is 0.155. The largest absolute Gasteiger partial charge is 0.387 e. The summed E-state index contributed by atoms with van der Waals surface area (Å²) in [5.74, 6) is 0. The molecule has 2 N–H and O–H groups in total. The van der Waals surface area contributed by atoms with E-state index < -0.39 is 0 Å². The Bertz CT molecular complexity index is 147. The second-order valence-corrected chi connectivity index (χ2v) is 4.32. The molecule has 58 valence electrons. The van der Waals surface area contributed by atoms with Crippen molar-refractivity contribution in [3.63, 3.8) is 0 Å². The molecule has 1 aliphatic heterocycles. The Balaban J connectivity index is 1.89. The van der Waals surface area contributed by atoms with Crippen molar-refractivity contribution in [2.45, 2.75) is 31.8 Å². The van der Waals surface area contributed by atoms with Gasteiger partial charge in [0.05, 0.1) is 5.60 Å². The third-order valence-electron chi connectivity index (χ3n) is 2.77. The molecule has 0 unspecified atom stereocenters. The molecular formula is C8H15NO. The van der Waals surface area contributed by atoms with Gasteiger partial charge < -0.3 is 10.4 Å². The van der Waals surface area contributed by atoms with Crippen molar-refractivity contribution in [1.82, 2.24) is 5.32 Å². The van der Waals surface area contributed by atoms with Crippen molar-refractivity contribution in [1.29, 1.82) is 0 Å². The second-order valence-electron chi connectivity index (χ2n) is 4.32. The highest BCUT2D eigenvalue weighted by Crippen LogP contribution is 2.51. The van der Waals surface area contributed by atoms with Gasteiger partial charge in [0.2, 0.25) is 0 Å². The highest BCUT2D eigenvalue weighted by molar-refractivity contribution is 5.02. The minimum absolute atomic E-state index is 0.342. The molecule has 2 heteroatoms. The lowest BCUT2D eigenvalue weighted by atomic mass is 9.85. The van der Waals surface area contributed by atoms with Crippen LogP contribution in [0.15, 0.2) is 0 Å². The Hall–Kier alpha value is -0.0800. The van der Waals surface area contributed by atoms with Crippen molar-refractivity contribution in [2.75, 3.05) is 13.1 Å². The SMILES string of the molecule is CC1(CC2(O)CNC2)CC1. The summed E-state index contributed by atoms with van der Waals surface area (Å²) in [7, 11) is 0. The Morgan fingerprint density at radius 2 is 2.00 bits per heavy atom. The van der Waals surface area contributed by atoms with E-state index in [0.29, 0.717) is 5.41 Å². The summed E-state index contributed by atoms with van der Waals surface area (Å²) in [6.45, 7) is 3.88. The number of hydrogen-bond acceptors (Lipinski definition) is 2. The quantitative estimate of drug-likeness (QED) is 0.587. The Morgan fingerprint density at radius 1 is 1.40 bits per heavy atom. The molecule has 1 heterocycles. The van der Waals surface area contributed by atoms with E-state index in [1.807, 2.05) is 0 Å². The van der Waals surface area contributed by atoms with Gasteiger partial charge in [-0.2, -0.15) is 0 Å². The topological polar surface area (TPSA) is 32.3 Å². The summed E-state index contributed by atoms with van der Waals surface area (Å²) in [4.78, 5) is 0. The Kier molecular flexibility index (Phi) is 1.15. The number of hydrogen-bond donors (Lipinski definition) is 2. The maximum Gasteiger partial charge on any atom is 0.0900 e. The first-order valence-corrected chi connectivity index (χ1v) is 4.05. The molecule has 2 nitrogen and oxygen atoms in total. The zero-order valence-corrected chi connectivity index (χ0v) is 6.48. The first-order valence-electron chi connectivity index (χ1n) is 4.05. The van der Waals surface area contributed by atoms with Crippen LogP contribution in [0.5, 0.6) is 0 Å². The van der Waals surface area contributed by atoms with Crippen molar-refractivity contribution in [3.8, 4) is 0 Å². The predicted molar refractivity (Wildman–Crippen MR) is 39.8 cm³/mol. The van der Waals surface area contributed by atoms with Gasteiger partial charge in [-0.25, -0.2) is 0 Å². The van der Waals surface area contributed by atoms with Gasteiger partial charge in [0.15, 0.2) is 0 Å². The van der Waals surface area contributed by atoms with E-state index in [1.54, 1.807) is 0 Å². The minimum atomic E-state index is -0.342. The first-order chi connectivity index (χ1) is 4.62. The Labute approximate surface area is 61.6 Å². The lowest BCUT2D eigenvalue weighted by molar-refractivity contribution is -0.0320. The lowest BCUT2D eigenvalue weighted by Gasteiger charge is -2.39. The fourth-order valence-corrected chi connectivity index (χ4v) is 1.72. The van der Waals surface area contributed by atoms with Gasteiger partial charge in [-0.15, -0.1) is 0 Å². The molecule has 2 aliphatic rings. The first kappa shape index (κ1) is 6.62. The zero-order chi connectivity index (χ0) is 7.24. The molecule has 0 spiro atoms. The van der Waals surface area contributed by atoms with Gasteiger partial charge >= 0.3 is 0 Å². The van der Waals surface area contributed by atoms with Crippen LogP contribution in [0, 0.1) is 5.41 Å². The number of aliphatic hydroxyl groups is 1. The number of nitrogens with one attached hydrogen (secondary N) is 1. The standard InChI is InChI=1S/C8H15NO/c1-7(2-3-7)4-8(10)5-9-6-8/h9-10H,2-6H2,1H3. The second kappa shape index (κ2) is 1.74. The van der Waals surface area contributed by atoms with Crippen LogP contribution in [0.2, 0.25) is 0 Å². The normalized spacial score (nSPS) is 33.0. The van der Waals surface area contributed by atoms with E-state index in [1.165, 1.54) is 12.8 Å². The monoisotopic (exact) mass is 141 g/mol. The van der Waals surface area contributed by atoms with Gasteiger partial charge in [-0.05, 0) is 24.7 Å². The average Bonchev–Trinajstić information content (AvgIpc) is 2.44. The molecule has 0 aromatic carbocycles. The third-order valence-corrected chi connectivity index (χ3v) is 2.77. The van der Waals surface area contributed by atoms with Gasteiger partial charge in [-0.3, -0.25) is 0 Å². The van der Waals surface area contributed by atoms with Crippen LogP contribution in [-0.2, 0) is 0 Å². The molecule has 0 atom stereocenters. The molecule has 0 radical (unpaired) electrons. The number of β-amino-alcohol motifs (C(OH)–C–C–N with tert-alkyl or cyclic N) is 1. The summed E-state index contributed by atoms with van der Waals surface area (Å²) in [6, 6.07) is 0. The molecule has 1 saturated carbocycles. The summed E-state index contributed by atoms with van der Waals surface area (Å²) in [5, 5.41) is 12.8. The van der Waals surface area contributed by atoms with E-state index in [2.05, 4.69) is 12.2 Å². The minimum Gasteiger partial charge on any atom is -0.387 e. The maximum absolute atomic E-state index is 9.72. The predicted octanol–water partition coefficient (Wildman–Crippen LogP) is 0.511. The van der Waals surface area contributed by atoms with Crippen molar-refractivity contribution in [2.24, 2.45) is 5.41 Å². The van der Waals surface area contributed by atoms with E-state index in [4.69, 9.17) is 0 Å². The molecule has 1 saturated heterocycles. The van der Waals surface area contributed by atoms with E-state index in [-0.39, 0.29) is 5.60 Å². The molecule has 0 aromatic heterocycles. The number of rotatable bonds is 2. The van der Waals surface area contributed by atoms with Crippen molar-refractivity contribution >= 4 is 0 Å². The molecular weight excluding hydrogens is 126 g/mol. The van der Waals surface area contributed by atoms with Crippen LogP contribution in [0.3, 0.4) is 0 Å². The van der Waals surface area contributed by atoms with Crippen LogP contribution < -0.4 is 5.32 Å². The molecule has 10 heavy (non-hydrogen) atoms. The molecule has 2 rings (SSSR count). The summed E-state index contributed by atoms with van der Waals surface area (Å²) in [6.07, 6.45) is 3.64. The fraction of sp³-hybridized carbons (Fsp3) is 1.00. The van der Waals surface area contributed by atoms with Crippen LogP contribution in [0.1, 0.15) is 26.2 Å². The fourth-order valence-electron chi connectivity index (χ4n) is 1.72.